The molecule has 3 aromatic rings. The summed E-state index contributed by atoms with van der Waals surface area (Å²) in [4.78, 5) is 19.8. The highest BCUT2D eigenvalue weighted by Gasteiger charge is 2.35. The van der Waals surface area contributed by atoms with Crippen LogP contribution in [0.15, 0.2) is 30.3 Å². The smallest absolute Gasteiger partial charge is 0.481 e. The lowest BCUT2D eigenvalue weighted by Crippen LogP contribution is -2.30. The molecule has 0 bridgehead atoms. The van der Waals surface area contributed by atoms with Gasteiger partial charge in [0.2, 0.25) is 11.9 Å². The number of nitrogens with one attached hydrogen (secondary N) is 1. The number of nitrogens with zero attached hydrogens (tertiary/aromatic N) is 3. The van der Waals surface area contributed by atoms with Crippen LogP contribution in [0.2, 0.25) is 0 Å². The van der Waals surface area contributed by atoms with Crippen molar-refractivity contribution >= 4 is 28.8 Å². The second-order valence-electron chi connectivity index (χ2n) is 10.2. The summed E-state index contributed by atoms with van der Waals surface area (Å²) in [5.74, 6) is -1.35. The Bertz CT molecular complexity index is 1250. The number of hydrogen-bond acceptors (Lipinski definition) is 5. The molecule has 1 saturated carbocycles. The Morgan fingerprint density at radius 2 is 1.92 bits per heavy atom. The molecule has 4 rings (SSSR count). The number of anilines is 2. The molecule has 1 aliphatic rings. The van der Waals surface area contributed by atoms with Crippen molar-refractivity contribution in [2.75, 3.05) is 5.32 Å². The average Bonchev–Trinajstić information content (AvgIpc) is 3.07. The highest BCUT2D eigenvalue weighted by Crippen LogP contribution is 2.46. The quantitative estimate of drug-likeness (QED) is 0.276. The van der Waals surface area contributed by atoms with Gasteiger partial charge in [0.25, 0.3) is 0 Å². The first kappa shape index (κ1) is 25.7. The number of halogens is 4. The highest BCUT2D eigenvalue weighted by atomic mass is 19.4. The molecule has 11 heteroatoms. The van der Waals surface area contributed by atoms with E-state index in [4.69, 9.17) is 5.11 Å². The lowest BCUT2D eigenvalue weighted by Gasteiger charge is -2.40. The molecule has 0 radical (unpaired) electrons. The molecule has 36 heavy (non-hydrogen) atoms. The van der Waals surface area contributed by atoms with Gasteiger partial charge in [-0.25, -0.2) is 4.98 Å². The molecule has 1 aromatic carbocycles. The third-order valence-electron chi connectivity index (χ3n) is 6.37. The number of hydrogen-bond donors (Lipinski definition) is 2. The van der Waals surface area contributed by atoms with Gasteiger partial charge < -0.3 is 15.2 Å². The number of aliphatic carboxylic acids is 1. The Kier molecular flexibility index (Phi) is 6.85. The van der Waals surface area contributed by atoms with E-state index in [1.54, 1.807) is 0 Å². The van der Waals surface area contributed by atoms with Crippen molar-refractivity contribution in [2.24, 2.45) is 11.3 Å². The van der Waals surface area contributed by atoms with Crippen LogP contribution >= 0.6 is 0 Å². The SMILES string of the molecule is C[C@@H]1C[C@H](n2c(Nc3ccc(OC(F)(F)F)cc3)nc3cc(CCC(=O)O)c(F)nc32)CC(C)(C)C1. The molecular weight excluding hydrogens is 480 g/mol. The Morgan fingerprint density at radius 3 is 2.53 bits per heavy atom. The second kappa shape index (κ2) is 9.59. The number of fused-ring (bicyclic) bond motifs is 1. The van der Waals surface area contributed by atoms with Gasteiger partial charge in [-0.15, -0.1) is 13.2 Å². The number of benzene rings is 1. The molecule has 2 heterocycles. The molecule has 0 amide bonds. The summed E-state index contributed by atoms with van der Waals surface area (Å²) in [7, 11) is 0. The van der Waals surface area contributed by atoms with E-state index in [0.29, 0.717) is 28.7 Å². The highest BCUT2D eigenvalue weighted by molar-refractivity contribution is 5.77. The molecule has 0 saturated heterocycles. The van der Waals surface area contributed by atoms with E-state index in [9.17, 15) is 22.4 Å². The van der Waals surface area contributed by atoms with E-state index in [2.05, 4.69) is 40.8 Å². The van der Waals surface area contributed by atoms with E-state index in [1.165, 1.54) is 30.3 Å². The van der Waals surface area contributed by atoms with Crippen LogP contribution in [0.4, 0.5) is 29.2 Å². The average molecular weight is 509 g/mol. The van der Waals surface area contributed by atoms with E-state index < -0.39 is 18.3 Å². The molecule has 1 fully saturated rings. The standard InChI is InChI=1S/C25H28F4N4O3/c1-14-10-17(13-24(2,3)12-14)33-22-19(11-15(21(26)32-22)4-9-20(34)35)31-23(33)30-16-5-7-18(8-6-16)36-25(27,28)29/h5-8,11,14,17H,4,9-10,12-13H2,1-3H3,(H,30,31)(H,34,35)/t14-,17+/m1/s1. The molecule has 194 valence electrons. The number of carboxylic acids is 1. The molecule has 2 aromatic heterocycles. The van der Waals surface area contributed by atoms with Crippen molar-refractivity contribution in [3.05, 3.63) is 41.8 Å². The molecule has 2 N–H and O–H groups in total. The van der Waals surface area contributed by atoms with Crippen LogP contribution in [-0.4, -0.2) is 32.0 Å². The van der Waals surface area contributed by atoms with Gasteiger partial charge in [0.05, 0.1) is 0 Å². The molecule has 1 aliphatic carbocycles. The first-order chi connectivity index (χ1) is 16.8. The van der Waals surface area contributed by atoms with Crippen LogP contribution in [0.3, 0.4) is 0 Å². The molecular formula is C25H28F4N4O3. The molecule has 0 aliphatic heterocycles. The minimum Gasteiger partial charge on any atom is -0.481 e. The van der Waals surface area contributed by atoms with Gasteiger partial charge in [-0.1, -0.05) is 20.8 Å². The third-order valence-corrected chi connectivity index (χ3v) is 6.37. The Hall–Kier alpha value is -3.37. The minimum absolute atomic E-state index is 0.0200. The van der Waals surface area contributed by atoms with E-state index in [0.717, 1.165) is 19.3 Å². The molecule has 2 atom stereocenters. The van der Waals surface area contributed by atoms with Crippen LogP contribution in [0.5, 0.6) is 5.75 Å². The van der Waals surface area contributed by atoms with Gasteiger partial charge in [-0.2, -0.15) is 9.37 Å². The zero-order chi connectivity index (χ0) is 26.3. The van der Waals surface area contributed by atoms with Gasteiger partial charge in [0.15, 0.2) is 5.65 Å². The monoisotopic (exact) mass is 508 g/mol. The number of carbonyl (C=O) groups is 1. The molecule has 0 spiro atoms. The third kappa shape index (κ3) is 6.06. The van der Waals surface area contributed by atoms with Crippen molar-refractivity contribution < 1.29 is 32.2 Å². The van der Waals surface area contributed by atoms with Crippen LogP contribution in [0, 0.1) is 17.3 Å². The maximum Gasteiger partial charge on any atom is 0.573 e. The van der Waals surface area contributed by atoms with E-state index in [1.807, 2.05) is 4.57 Å². The van der Waals surface area contributed by atoms with Crippen LogP contribution < -0.4 is 10.1 Å². The minimum atomic E-state index is -4.79. The second-order valence-corrected chi connectivity index (χ2v) is 10.2. The number of aromatic nitrogens is 3. The summed E-state index contributed by atoms with van der Waals surface area (Å²) in [5, 5.41) is 12.1. The normalized spacial score (nSPS) is 19.9. The van der Waals surface area contributed by atoms with Crippen molar-refractivity contribution in [1.82, 2.24) is 14.5 Å². The van der Waals surface area contributed by atoms with E-state index >= 15 is 0 Å². The summed E-state index contributed by atoms with van der Waals surface area (Å²) in [6.07, 6.45) is -2.38. The number of ether oxygens (including phenoxy) is 1. The lowest BCUT2D eigenvalue weighted by atomic mass is 9.70. The van der Waals surface area contributed by atoms with Gasteiger partial charge >= 0.3 is 12.3 Å². The number of pyridine rings is 1. The van der Waals surface area contributed by atoms with Crippen LogP contribution in [0.1, 0.15) is 58.1 Å². The van der Waals surface area contributed by atoms with Gasteiger partial charge in [0, 0.05) is 23.7 Å². The fraction of sp³-hybridized carbons (Fsp3) is 0.480. The summed E-state index contributed by atoms with van der Waals surface area (Å²) < 4.78 is 58.2. The van der Waals surface area contributed by atoms with Crippen molar-refractivity contribution in [3.8, 4) is 5.75 Å². The maximum absolute atomic E-state index is 14.9. The summed E-state index contributed by atoms with van der Waals surface area (Å²) in [5.41, 5.74) is 1.41. The number of carboxylic acid groups (broad SMARTS) is 1. The maximum atomic E-state index is 14.9. The fourth-order valence-corrected chi connectivity index (χ4v) is 5.25. The topological polar surface area (TPSA) is 89.3 Å². The Balaban J connectivity index is 1.74. The zero-order valence-electron chi connectivity index (χ0n) is 20.2. The molecule has 0 unspecified atom stereocenters. The Morgan fingerprint density at radius 1 is 1.22 bits per heavy atom. The predicted octanol–water partition coefficient (Wildman–Crippen LogP) is 6.62. The van der Waals surface area contributed by atoms with Crippen molar-refractivity contribution in [3.63, 3.8) is 0 Å². The van der Waals surface area contributed by atoms with Crippen molar-refractivity contribution in [2.45, 2.75) is 65.3 Å². The molecule has 7 nitrogen and oxygen atoms in total. The summed E-state index contributed by atoms with van der Waals surface area (Å²) in [6.45, 7) is 6.52. The van der Waals surface area contributed by atoms with Crippen LogP contribution in [0.25, 0.3) is 11.2 Å². The van der Waals surface area contributed by atoms with Crippen molar-refractivity contribution in [1.29, 1.82) is 0 Å². The first-order valence-corrected chi connectivity index (χ1v) is 11.7. The fourth-order valence-electron chi connectivity index (χ4n) is 5.25. The zero-order valence-corrected chi connectivity index (χ0v) is 20.2. The number of rotatable bonds is 7. The number of alkyl halides is 3. The van der Waals surface area contributed by atoms with Gasteiger partial charge in [-0.3, -0.25) is 9.36 Å². The summed E-state index contributed by atoms with van der Waals surface area (Å²) >= 11 is 0. The largest absolute Gasteiger partial charge is 0.573 e. The number of aryl methyl sites for hydroxylation is 1. The van der Waals surface area contributed by atoms with Crippen LogP contribution in [-0.2, 0) is 11.2 Å². The van der Waals surface area contributed by atoms with Gasteiger partial charge in [0.1, 0.15) is 11.3 Å². The van der Waals surface area contributed by atoms with E-state index in [-0.39, 0.29) is 35.6 Å². The number of imidazole rings is 1. The predicted molar refractivity (Wildman–Crippen MR) is 126 cm³/mol. The van der Waals surface area contributed by atoms with Gasteiger partial charge in [-0.05, 0) is 67.3 Å². The first-order valence-electron chi connectivity index (χ1n) is 11.7. The summed E-state index contributed by atoms with van der Waals surface area (Å²) in [6, 6.07) is 6.73. The Labute approximate surface area is 205 Å². The lowest BCUT2D eigenvalue weighted by molar-refractivity contribution is -0.274.